The number of benzene rings is 1. The molecule has 1 rings (SSSR count). The number of halogens is 1. The molecule has 0 unspecified atom stereocenters. The summed E-state index contributed by atoms with van der Waals surface area (Å²) in [5.41, 5.74) is 0.654. The lowest BCUT2D eigenvalue weighted by Gasteiger charge is -2.03. The van der Waals surface area contributed by atoms with Crippen molar-refractivity contribution in [3.8, 4) is 5.75 Å². The van der Waals surface area contributed by atoms with Gasteiger partial charge in [0.05, 0.1) is 13.4 Å². The highest BCUT2D eigenvalue weighted by atomic mass is 19.1. The lowest BCUT2D eigenvalue weighted by Crippen LogP contribution is -1.87. The summed E-state index contributed by atoms with van der Waals surface area (Å²) in [5.74, 6) is -0.151. The van der Waals surface area contributed by atoms with E-state index in [1.54, 1.807) is 13.4 Å². The fourth-order valence-electron chi connectivity index (χ4n) is 1.33. The van der Waals surface area contributed by atoms with Gasteiger partial charge < -0.3 is 9.84 Å². The van der Waals surface area contributed by atoms with Gasteiger partial charge in [-0.15, -0.1) is 0 Å². The molecule has 0 saturated heterocycles. The Bertz CT molecular complexity index is 334. The molecule has 0 fully saturated rings. The minimum Gasteiger partial charge on any atom is -0.508 e. The van der Waals surface area contributed by atoms with Crippen molar-refractivity contribution in [2.75, 3.05) is 7.11 Å². The topological polar surface area (TPSA) is 29.5 Å². The van der Waals surface area contributed by atoms with Crippen molar-refractivity contribution < 1.29 is 14.2 Å². The number of phenolic OH excluding ortho intramolecular Hbond substituents is 1. The summed E-state index contributed by atoms with van der Waals surface area (Å²) in [5, 5.41) is 9.43. The maximum absolute atomic E-state index is 12.8. The SMILES string of the molecule is CO/C=C/CCCc1cc(F)ccc1O. The predicted molar refractivity (Wildman–Crippen MR) is 57.2 cm³/mol. The van der Waals surface area contributed by atoms with Gasteiger partial charge in [0, 0.05) is 0 Å². The van der Waals surface area contributed by atoms with Crippen molar-refractivity contribution in [3.63, 3.8) is 0 Å². The molecule has 82 valence electrons. The molecule has 0 spiro atoms. The van der Waals surface area contributed by atoms with E-state index >= 15 is 0 Å². The Kier molecular flexibility index (Phi) is 4.68. The number of hydrogen-bond donors (Lipinski definition) is 1. The summed E-state index contributed by atoms with van der Waals surface area (Å²) >= 11 is 0. The average Bonchev–Trinajstić information content (AvgIpc) is 2.23. The van der Waals surface area contributed by atoms with E-state index in [9.17, 15) is 9.50 Å². The monoisotopic (exact) mass is 210 g/mol. The highest BCUT2D eigenvalue weighted by Crippen LogP contribution is 2.19. The van der Waals surface area contributed by atoms with Crippen molar-refractivity contribution in [1.29, 1.82) is 0 Å². The van der Waals surface area contributed by atoms with Crippen molar-refractivity contribution in [3.05, 3.63) is 41.9 Å². The zero-order chi connectivity index (χ0) is 11.1. The molecule has 1 aromatic carbocycles. The Morgan fingerprint density at radius 2 is 2.27 bits per heavy atom. The summed E-state index contributed by atoms with van der Waals surface area (Å²) in [7, 11) is 1.59. The van der Waals surface area contributed by atoms with Crippen LogP contribution in [0.4, 0.5) is 4.39 Å². The van der Waals surface area contributed by atoms with E-state index in [-0.39, 0.29) is 11.6 Å². The molecule has 0 radical (unpaired) electrons. The minimum atomic E-state index is -0.310. The number of ether oxygens (including phenoxy) is 1. The molecule has 0 atom stereocenters. The summed E-state index contributed by atoms with van der Waals surface area (Å²) in [6, 6.07) is 4.01. The van der Waals surface area contributed by atoms with Gasteiger partial charge in [-0.1, -0.05) is 0 Å². The van der Waals surface area contributed by atoms with Gasteiger partial charge in [0.2, 0.25) is 0 Å². The van der Waals surface area contributed by atoms with Crippen molar-refractivity contribution >= 4 is 0 Å². The van der Waals surface area contributed by atoms with E-state index in [0.717, 1.165) is 12.8 Å². The largest absolute Gasteiger partial charge is 0.508 e. The molecule has 0 aromatic heterocycles. The molecule has 0 aliphatic heterocycles. The van der Waals surface area contributed by atoms with Gasteiger partial charge in [-0.05, 0) is 49.1 Å². The number of aromatic hydroxyl groups is 1. The number of rotatable bonds is 5. The third-order valence-electron chi connectivity index (χ3n) is 2.09. The van der Waals surface area contributed by atoms with Crippen molar-refractivity contribution in [2.24, 2.45) is 0 Å². The van der Waals surface area contributed by atoms with Gasteiger partial charge in [0.25, 0.3) is 0 Å². The van der Waals surface area contributed by atoms with Crippen LogP contribution in [0.5, 0.6) is 5.75 Å². The first kappa shape index (κ1) is 11.6. The summed E-state index contributed by atoms with van der Waals surface area (Å²) < 4.78 is 17.6. The predicted octanol–water partition coefficient (Wildman–Crippen LogP) is 3.01. The highest BCUT2D eigenvalue weighted by molar-refractivity contribution is 5.32. The smallest absolute Gasteiger partial charge is 0.123 e. The van der Waals surface area contributed by atoms with Crippen LogP contribution in [0, 0.1) is 5.82 Å². The molecule has 0 aliphatic rings. The number of allylic oxidation sites excluding steroid dienone is 1. The third kappa shape index (κ3) is 4.02. The van der Waals surface area contributed by atoms with Crippen LogP contribution in [-0.4, -0.2) is 12.2 Å². The van der Waals surface area contributed by atoms with E-state index in [2.05, 4.69) is 0 Å². The summed E-state index contributed by atoms with van der Waals surface area (Å²) in [6.07, 6.45) is 5.89. The lowest BCUT2D eigenvalue weighted by atomic mass is 10.1. The van der Waals surface area contributed by atoms with Crippen LogP contribution in [-0.2, 0) is 11.2 Å². The van der Waals surface area contributed by atoms with Gasteiger partial charge in [0.15, 0.2) is 0 Å². The summed E-state index contributed by atoms with van der Waals surface area (Å²) in [4.78, 5) is 0. The van der Waals surface area contributed by atoms with Gasteiger partial charge in [0.1, 0.15) is 11.6 Å². The Labute approximate surface area is 89.0 Å². The Balaban J connectivity index is 2.43. The van der Waals surface area contributed by atoms with Crippen molar-refractivity contribution in [1.82, 2.24) is 0 Å². The quantitative estimate of drug-likeness (QED) is 0.598. The Hall–Kier alpha value is -1.51. The molecule has 3 heteroatoms. The van der Waals surface area contributed by atoms with Gasteiger partial charge in [-0.3, -0.25) is 0 Å². The molecule has 2 nitrogen and oxygen atoms in total. The minimum absolute atomic E-state index is 0.159. The summed E-state index contributed by atoms with van der Waals surface area (Å²) in [6.45, 7) is 0. The molecule has 1 aromatic rings. The molecule has 0 saturated carbocycles. The Morgan fingerprint density at radius 1 is 1.47 bits per heavy atom. The fraction of sp³-hybridized carbons (Fsp3) is 0.333. The normalized spacial score (nSPS) is 10.8. The molecular weight excluding hydrogens is 195 g/mol. The molecule has 15 heavy (non-hydrogen) atoms. The zero-order valence-electron chi connectivity index (χ0n) is 8.74. The van der Waals surface area contributed by atoms with Gasteiger partial charge >= 0.3 is 0 Å². The van der Waals surface area contributed by atoms with Gasteiger partial charge in [-0.25, -0.2) is 4.39 Å². The van der Waals surface area contributed by atoms with Crippen LogP contribution in [0.25, 0.3) is 0 Å². The molecular formula is C12H15FO2. The third-order valence-corrected chi connectivity index (χ3v) is 2.09. The van der Waals surface area contributed by atoms with Crippen LogP contribution in [0.1, 0.15) is 18.4 Å². The van der Waals surface area contributed by atoms with E-state index in [4.69, 9.17) is 4.74 Å². The zero-order valence-corrected chi connectivity index (χ0v) is 8.74. The fourth-order valence-corrected chi connectivity index (χ4v) is 1.33. The lowest BCUT2D eigenvalue weighted by molar-refractivity contribution is 0.336. The van der Waals surface area contributed by atoms with Crippen LogP contribution in [0.3, 0.4) is 0 Å². The van der Waals surface area contributed by atoms with E-state index < -0.39 is 0 Å². The van der Waals surface area contributed by atoms with Crippen LogP contribution >= 0.6 is 0 Å². The number of unbranched alkanes of at least 4 members (excludes halogenated alkanes) is 1. The number of hydrogen-bond acceptors (Lipinski definition) is 2. The van der Waals surface area contributed by atoms with Crippen LogP contribution < -0.4 is 0 Å². The Morgan fingerprint density at radius 3 is 3.00 bits per heavy atom. The highest BCUT2D eigenvalue weighted by Gasteiger charge is 2.01. The van der Waals surface area contributed by atoms with Crippen LogP contribution in [0.15, 0.2) is 30.5 Å². The molecule has 0 aliphatic carbocycles. The first-order valence-electron chi connectivity index (χ1n) is 4.89. The first-order valence-corrected chi connectivity index (χ1v) is 4.89. The maximum Gasteiger partial charge on any atom is 0.123 e. The standard InChI is InChI=1S/C12H15FO2/c1-15-8-4-2-3-5-10-9-11(13)6-7-12(10)14/h4,6-9,14H,2-3,5H2,1H3/b8-4+. The van der Waals surface area contributed by atoms with E-state index in [1.807, 2.05) is 6.08 Å². The second-order valence-electron chi connectivity index (χ2n) is 3.27. The maximum atomic E-state index is 12.8. The molecule has 1 N–H and O–H groups in total. The second kappa shape index (κ2) is 6.06. The second-order valence-corrected chi connectivity index (χ2v) is 3.27. The molecule has 0 bridgehead atoms. The van der Waals surface area contributed by atoms with E-state index in [0.29, 0.717) is 12.0 Å². The average molecular weight is 210 g/mol. The van der Waals surface area contributed by atoms with E-state index in [1.165, 1.54) is 18.2 Å². The van der Waals surface area contributed by atoms with Crippen LogP contribution in [0.2, 0.25) is 0 Å². The molecule has 0 amide bonds. The van der Waals surface area contributed by atoms with Crippen molar-refractivity contribution in [2.45, 2.75) is 19.3 Å². The number of methoxy groups -OCH3 is 1. The number of aryl methyl sites for hydroxylation is 1. The number of phenols is 1. The van der Waals surface area contributed by atoms with Gasteiger partial charge in [-0.2, -0.15) is 0 Å². The first-order chi connectivity index (χ1) is 7.24. The molecule has 0 heterocycles.